The van der Waals surface area contributed by atoms with Crippen molar-refractivity contribution in [2.75, 3.05) is 0 Å². The van der Waals surface area contributed by atoms with Gasteiger partial charge in [0, 0.05) is 5.56 Å². The van der Waals surface area contributed by atoms with Crippen LogP contribution in [0.5, 0.6) is 0 Å². The van der Waals surface area contributed by atoms with Gasteiger partial charge in [0.2, 0.25) is 5.82 Å². The molecule has 0 spiro atoms. The van der Waals surface area contributed by atoms with Gasteiger partial charge in [0.05, 0.1) is 22.6 Å². The minimum Gasteiger partial charge on any atom is -0.450 e. The van der Waals surface area contributed by atoms with Gasteiger partial charge in [-0.1, -0.05) is 35.5 Å². The van der Waals surface area contributed by atoms with E-state index in [9.17, 15) is 14.0 Å². The number of halogens is 1. The van der Waals surface area contributed by atoms with Crippen molar-refractivity contribution in [2.24, 2.45) is 0 Å². The predicted molar refractivity (Wildman–Crippen MR) is 112 cm³/mol. The fourth-order valence-electron chi connectivity index (χ4n) is 3.25. The van der Waals surface area contributed by atoms with Gasteiger partial charge in [0.15, 0.2) is 6.61 Å². The Hall–Kier alpha value is -4.14. The molecule has 0 N–H and O–H groups in total. The molecule has 2 aromatic carbocycles. The highest BCUT2D eigenvalue weighted by Gasteiger charge is 2.27. The van der Waals surface area contributed by atoms with Crippen LogP contribution in [0.15, 0.2) is 53.1 Å². The molecule has 0 radical (unpaired) electrons. The molecule has 162 valence electrons. The summed E-state index contributed by atoms with van der Waals surface area (Å²) >= 11 is 0. The molecule has 4 rings (SSSR count). The van der Waals surface area contributed by atoms with Crippen molar-refractivity contribution in [3.8, 4) is 17.1 Å². The van der Waals surface area contributed by atoms with Gasteiger partial charge in [-0.25, -0.2) is 13.9 Å². The van der Waals surface area contributed by atoms with E-state index in [0.29, 0.717) is 22.5 Å². The first-order valence-corrected chi connectivity index (χ1v) is 9.77. The molecule has 0 bridgehead atoms. The van der Waals surface area contributed by atoms with Crippen LogP contribution in [0.3, 0.4) is 0 Å². The Morgan fingerprint density at radius 2 is 1.84 bits per heavy atom. The van der Waals surface area contributed by atoms with Crippen LogP contribution in [-0.4, -0.2) is 31.7 Å². The summed E-state index contributed by atoms with van der Waals surface area (Å²) in [4.78, 5) is 29.2. The van der Waals surface area contributed by atoms with Crippen LogP contribution in [0.4, 0.5) is 4.39 Å². The standard InChI is InChI=1S/C23H19FN4O4/c1-13-9-10-16(11-18(13)24)22-25-19(32-27-22)12-31-23(30)21(29)20-14(2)26-28(15(20)3)17-7-5-4-6-8-17/h4-11H,12H2,1-3H3. The van der Waals surface area contributed by atoms with Crippen LogP contribution in [0.1, 0.15) is 33.2 Å². The number of hydrogen-bond donors (Lipinski definition) is 0. The van der Waals surface area contributed by atoms with Gasteiger partial charge in [-0.15, -0.1) is 0 Å². The second kappa shape index (κ2) is 8.54. The molecule has 0 aliphatic carbocycles. The largest absolute Gasteiger partial charge is 0.450 e. The summed E-state index contributed by atoms with van der Waals surface area (Å²) in [5, 5.41) is 8.13. The van der Waals surface area contributed by atoms with Crippen LogP contribution in [0, 0.1) is 26.6 Å². The third-order valence-electron chi connectivity index (χ3n) is 4.93. The molecule has 32 heavy (non-hydrogen) atoms. The van der Waals surface area contributed by atoms with Crippen LogP contribution in [-0.2, 0) is 16.1 Å². The molecule has 4 aromatic rings. The van der Waals surface area contributed by atoms with Gasteiger partial charge in [-0.3, -0.25) is 4.79 Å². The van der Waals surface area contributed by atoms with Crippen LogP contribution in [0.2, 0.25) is 0 Å². The zero-order chi connectivity index (χ0) is 22.8. The molecule has 2 aromatic heterocycles. The van der Waals surface area contributed by atoms with E-state index in [2.05, 4.69) is 15.2 Å². The van der Waals surface area contributed by atoms with E-state index in [1.807, 2.05) is 30.3 Å². The third-order valence-corrected chi connectivity index (χ3v) is 4.93. The molecular formula is C23H19FN4O4. The number of ether oxygens (including phenoxy) is 1. The topological polar surface area (TPSA) is 100 Å². The summed E-state index contributed by atoms with van der Waals surface area (Å²) in [6.45, 7) is 4.61. The zero-order valence-electron chi connectivity index (χ0n) is 17.6. The predicted octanol–water partition coefficient (Wildman–Crippen LogP) is 3.91. The molecule has 2 heterocycles. The lowest BCUT2D eigenvalue weighted by Crippen LogP contribution is -2.19. The van der Waals surface area contributed by atoms with Crippen molar-refractivity contribution in [3.05, 3.63) is 82.8 Å². The van der Waals surface area contributed by atoms with Gasteiger partial charge >= 0.3 is 5.97 Å². The highest BCUT2D eigenvalue weighted by atomic mass is 19.1. The van der Waals surface area contributed by atoms with Crippen molar-refractivity contribution in [1.29, 1.82) is 0 Å². The molecule has 0 atom stereocenters. The number of para-hydroxylation sites is 1. The van der Waals surface area contributed by atoms with Gasteiger partial charge < -0.3 is 9.26 Å². The first-order valence-electron chi connectivity index (χ1n) is 9.77. The number of rotatable bonds is 6. The number of aryl methyl sites for hydroxylation is 2. The molecule has 0 saturated carbocycles. The average Bonchev–Trinajstić information content (AvgIpc) is 3.38. The van der Waals surface area contributed by atoms with Gasteiger partial charge in [-0.2, -0.15) is 10.1 Å². The second-order valence-corrected chi connectivity index (χ2v) is 7.17. The van der Waals surface area contributed by atoms with Gasteiger partial charge in [-0.05, 0) is 44.5 Å². The fraction of sp³-hybridized carbons (Fsp3) is 0.174. The Bertz CT molecular complexity index is 1310. The highest BCUT2D eigenvalue weighted by molar-refractivity contribution is 6.41. The number of carbonyl (C=O) groups is 2. The summed E-state index contributed by atoms with van der Waals surface area (Å²) in [7, 11) is 0. The molecule has 0 unspecified atom stereocenters. The molecule has 0 saturated heterocycles. The molecule has 0 aliphatic rings. The van der Waals surface area contributed by atoms with Crippen molar-refractivity contribution in [2.45, 2.75) is 27.4 Å². The SMILES string of the molecule is Cc1ccc(-c2noc(COC(=O)C(=O)c3c(C)nn(-c4ccccc4)c3C)n2)cc1F. The van der Waals surface area contributed by atoms with Crippen molar-refractivity contribution < 1.29 is 23.2 Å². The highest BCUT2D eigenvalue weighted by Crippen LogP contribution is 2.21. The number of esters is 1. The zero-order valence-corrected chi connectivity index (χ0v) is 17.6. The summed E-state index contributed by atoms with van der Waals surface area (Å²) in [5.74, 6) is -2.15. The number of nitrogens with zero attached hydrogens (tertiary/aromatic N) is 4. The lowest BCUT2D eigenvalue weighted by atomic mass is 10.1. The minimum absolute atomic E-state index is 0.0180. The van der Waals surface area contributed by atoms with Crippen molar-refractivity contribution in [3.63, 3.8) is 0 Å². The molecule has 0 aliphatic heterocycles. The Balaban J connectivity index is 1.46. The van der Waals surface area contributed by atoms with E-state index in [1.54, 1.807) is 37.6 Å². The van der Waals surface area contributed by atoms with Gasteiger partial charge in [0.25, 0.3) is 11.7 Å². The van der Waals surface area contributed by atoms with E-state index in [4.69, 9.17) is 9.26 Å². The minimum atomic E-state index is -1.06. The number of aromatic nitrogens is 4. The Labute approximate surface area is 182 Å². The molecular weight excluding hydrogens is 415 g/mol. The van der Waals surface area contributed by atoms with E-state index < -0.39 is 24.2 Å². The number of benzene rings is 2. The summed E-state index contributed by atoms with van der Waals surface area (Å²) in [6.07, 6.45) is 0. The number of hydrogen-bond acceptors (Lipinski definition) is 7. The van der Waals surface area contributed by atoms with E-state index in [1.165, 1.54) is 6.07 Å². The number of Topliss-reactive ketones (excluding diaryl/α,β-unsaturated/α-hetero) is 1. The van der Waals surface area contributed by atoms with Crippen molar-refractivity contribution in [1.82, 2.24) is 19.9 Å². The van der Waals surface area contributed by atoms with E-state index in [0.717, 1.165) is 5.69 Å². The monoisotopic (exact) mass is 434 g/mol. The van der Waals surface area contributed by atoms with Crippen LogP contribution >= 0.6 is 0 Å². The maximum Gasteiger partial charge on any atom is 0.380 e. The molecule has 0 fully saturated rings. The Morgan fingerprint density at radius 3 is 2.56 bits per heavy atom. The van der Waals surface area contributed by atoms with E-state index in [-0.39, 0.29) is 17.3 Å². The summed E-state index contributed by atoms with van der Waals surface area (Å²) in [6, 6.07) is 13.8. The number of ketones is 1. The molecule has 8 nitrogen and oxygen atoms in total. The van der Waals surface area contributed by atoms with E-state index >= 15 is 0 Å². The molecule has 9 heteroatoms. The number of carbonyl (C=O) groups excluding carboxylic acids is 2. The van der Waals surface area contributed by atoms with Crippen LogP contribution < -0.4 is 0 Å². The third kappa shape index (κ3) is 4.04. The first kappa shape index (κ1) is 21.1. The second-order valence-electron chi connectivity index (χ2n) is 7.17. The Kier molecular flexibility index (Phi) is 5.63. The van der Waals surface area contributed by atoms with Crippen molar-refractivity contribution >= 4 is 11.8 Å². The smallest absolute Gasteiger partial charge is 0.380 e. The normalized spacial score (nSPS) is 10.9. The summed E-state index contributed by atoms with van der Waals surface area (Å²) in [5.41, 5.74) is 2.80. The lowest BCUT2D eigenvalue weighted by molar-refractivity contribution is -0.140. The summed E-state index contributed by atoms with van der Waals surface area (Å²) < 4.78 is 25.5. The first-order chi connectivity index (χ1) is 15.3. The maximum absolute atomic E-state index is 13.8. The lowest BCUT2D eigenvalue weighted by Gasteiger charge is -2.05. The van der Waals surface area contributed by atoms with Crippen LogP contribution in [0.25, 0.3) is 17.1 Å². The molecule has 0 amide bonds. The fourth-order valence-corrected chi connectivity index (χ4v) is 3.25. The maximum atomic E-state index is 13.8. The van der Waals surface area contributed by atoms with Gasteiger partial charge in [0.1, 0.15) is 5.82 Å². The quantitative estimate of drug-likeness (QED) is 0.258. The average molecular weight is 434 g/mol. The Morgan fingerprint density at radius 1 is 1.09 bits per heavy atom.